The number of carbonyl (C=O) groups is 3. The Kier molecular flexibility index (Phi) is 5.61. The number of anilines is 3. The van der Waals surface area contributed by atoms with Crippen LogP contribution in [0, 0.1) is 6.92 Å². The molecule has 4 rings (SSSR count). The molecule has 1 saturated heterocycles. The first-order valence-corrected chi connectivity index (χ1v) is 9.80. The molecular weight excluding hydrogens is 394 g/mol. The average molecular weight is 415 g/mol. The van der Waals surface area contributed by atoms with Gasteiger partial charge in [-0.1, -0.05) is 6.07 Å². The summed E-state index contributed by atoms with van der Waals surface area (Å²) in [4.78, 5) is 42.5. The van der Waals surface area contributed by atoms with E-state index in [-0.39, 0.29) is 17.8 Å². The second-order valence-electron chi connectivity index (χ2n) is 7.11. The zero-order valence-electron chi connectivity index (χ0n) is 16.9. The number of rotatable bonds is 5. The minimum Gasteiger partial charge on any atom is -0.336 e. The van der Waals surface area contributed by atoms with E-state index in [4.69, 9.17) is 0 Å². The zero-order valence-corrected chi connectivity index (χ0v) is 16.9. The molecule has 156 valence electrons. The molecule has 8 heteroatoms. The highest BCUT2D eigenvalue weighted by Gasteiger charge is 2.23. The zero-order chi connectivity index (χ0) is 21.8. The van der Waals surface area contributed by atoms with E-state index < -0.39 is 0 Å². The molecule has 0 saturated carbocycles. The summed E-state index contributed by atoms with van der Waals surface area (Å²) in [6.07, 6.45) is 3.10. The van der Waals surface area contributed by atoms with Crippen molar-refractivity contribution < 1.29 is 14.4 Å². The Morgan fingerprint density at radius 3 is 2.23 bits per heavy atom. The van der Waals surface area contributed by atoms with Crippen molar-refractivity contribution in [1.82, 2.24) is 10.3 Å². The maximum Gasteiger partial charge on any atom is 0.322 e. The molecule has 1 aliphatic rings. The SMILES string of the molecule is Cc1cc(C(=O)Nc2cccc(NC(=O)c3ccncc3)c2)ccc1N1CCNC1=O. The molecule has 2 aromatic carbocycles. The summed E-state index contributed by atoms with van der Waals surface area (Å²) in [5.41, 5.74) is 3.71. The van der Waals surface area contributed by atoms with Crippen LogP contribution in [0.5, 0.6) is 0 Å². The number of nitrogens with one attached hydrogen (secondary N) is 3. The molecule has 0 radical (unpaired) electrons. The van der Waals surface area contributed by atoms with Gasteiger partial charge in [0.05, 0.1) is 0 Å². The van der Waals surface area contributed by atoms with Crippen molar-refractivity contribution in [3.05, 3.63) is 83.7 Å². The summed E-state index contributed by atoms with van der Waals surface area (Å²) in [7, 11) is 0. The Hall–Kier alpha value is -4.20. The standard InChI is InChI=1S/C23H21N5O3/c1-15-13-17(5-6-20(15)28-12-11-25-23(28)31)22(30)27-19-4-2-3-18(14-19)26-21(29)16-7-9-24-10-8-16/h2-10,13-14H,11-12H2,1H3,(H,25,31)(H,26,29)(H,27,30). The van der Waals surface area contributed by atoms with Crippen molar-refractivity contribution >= 4 is 34.9 Å². The van der Waals surface area contributed by atoms with Crippen LogP contribution in [0.15, 0.2) is 67.0 Å². The molecule has 31 heavy (non-hydrogen) atoms. The minimum atomic E-state index is -0.280. The summed E-state index contributed by atoms with van der Waals surface area (Å²) in [5, 5.41) is 8.41. The highest BCUT2D eigenvalue weighted by molar-refractivity contribution is 6.07. The average Bonchev–Trinajstić information content (AvgIpc) is 3.20. The molecule has 1 aromatic heterocycles. The Morgan fingerprint density at radius 1 is 0.935 bits per heavy atom. The first kappa shape index (κ1) is 20.1. The fourth-order valence-electron chi connectivity index (χ4n) is 3.39. The summed E-state index contributed by atoms with van der Waals surface area (Å²) < 4.78 is 0. The third-order valence-corrected chi connectivity index (χ3v) is 4.93. The first-order chi connectivity index (χ1) is 15.0. The van der Waals surface area contributed by atoms with Crippen LogP contribution in [-0.4, -0.2) is 35.9 Å². The second kappa shape index (κ2) is 8.66. The second-order valence-corrected chi connectivity index (χ2v) is 7.11. The van der Waals surface area contributed by atoms with E-state index in [2.05, 4.69) is 20.9 Å². The molecule has 3 N–H and O–H groups in total. The van der Waals surface area contributed by atoms with Crippen molar-refractivity contribution in [3.63, 3.8) is 0 Å². The van der Waals surface area contributed by atoms with Gasteiger partial charge in [0.1, 0.15) is 0 Å². The Labute approximate surface area is 179 Å². The highest BCUT2D eigenvalue weighted by atomic mass is 16.2. The molecule has 0 spiro atoms. The van der Waals surface area contributed by atoms with E-state index in [1.807, 2.05) is 6.92 Å². The van der Waals surface area contributed by atoms with Gasteiger partial charge in [-0.15, -0.1) is 0 Å². The summed E-state index contributed by atoms with van der Waals surface area (Å²) >= 11 is 0. The van der Waals surface area contributed by atoms with E-state index in [1.54, 1.807) is 71.9 Å². The smallest absolute Gasteiger partial charge is 0.322 e. The maximum absolute atomic E-state index is 12.7. The fraction of sp³-hybridized carbons (Fsp3) is 0.130. The van der Waals surface area contributed by atoms with Gasteiger partial charge >= 0.3 is 6.03 Å². The molecule has 0 atom stereocenters. The fourth-order valence-corrected chi connectivity index (χ4v) is 3.39. The van der Waals surface area contributed by atoms with E-state index in [0.717, 1.165) is 11.3 Å². The lowest BCUT2D eigenvalue weighted by molar-refractivity contribution is 0.101. The number of aromatic nitrogens is 1. The number of pyridine rings is 1. The molecule has 2 heterocycles. The number of urea groups is 1. The van der Waals surface area contributed by atoms with Gasteiger partial charge in [-0.2, -0.15) is 0 Å². The molecule has 0 aliphatic carbocycles. The highest BCUT2D eigenvalue weighted by Crippen LogP contribution is 2.24. The molecule has 3 aromatic rings. The van der Waals surface area contributed by atoms with Gasteiger partial charge in [-0.3, -0.25) is 19.5 Å². The first-order valence-electron chi connectivity index (χ1n) is 9.80. The molecule has 1 aliphatic heterocycles. The van der Waals surface area contributed by atoms with Crippen molar-refractivity contribution in [1.29, 1.82) is 0 Å². The molecule has 0 unspecified atom stereocenters. The van der Waals surface area contributed by atoms with Gasteiger partial charge in [0.15, 0.2) is 0 Å². The van der Waals surface area contributed by atoms with Crippen LogP contribution in [0.25, 0.3) is 0 Å². The van der Waals surface area contributed by atoms with E-state index >= 15 is 0 Å². The van der Waals surface area contributed by atoms with Crippen LogP contribution in [-0.2, 0) is 0 Å². The Balaban J connectivity index is 1.45. The van der Waals surface area contributed by atoms with Crippen LogP contribution in [0.4, 0.5) is 21.9 Å². The number of amides is 4. The van der Waals surface area contributed by atoms with Crippen molar-refractivity contribution in [2.75, 3.05) is 28.6 Å². The maximum atomic E-state index is 12.7. The predicted molar refractivity (Wildman–Crippen MR) is 119 cm³/mol. The minimum absolute atomic E-state index is 0.133. The van der Waals surface area contributed by atoms with Crippen molar-refractivity contribution in [2.45, 2.75) is 6.92 Å². The number of hydrogen-bond acceptors (Lipinski definition) is 4. The lowest BCUT2D eigenvalue weighted by atomic mass is 10.1. The molecular formula is C23H21N5O3. The predicted octanol–water partition coefficient (Wildman–Crippen LogP) is 3.42. The number of carbonyl (C=O) groups excluding carboxylic acids is 3. The monoisotopic (exact) mass is 415 g/mol. The molecule has 4 amide bonds. The quantitative estimate of drug-likeness (QED) is 0.594. The van der Waals surface area contributed by atoms with E-state index in [1.165, 1.54) is 0 Å². The lowest BCUT2D eigenvalue weighted by Gasteiger charge is -2.17. The van der Waals surface area contributed by atoms with Gasteiger partial charge in [-0.05, 0) is 61.0 Å². The summed E-state index contributed by atoms with van der Waals surface area (Å²) in [6, 6.07) is 15.3. The lowest BCUT2D eigenvalue weighted by Crippen LogP contribution is -2.28. The van der Waals surface area contributed by atoms with Crippen LogP contribution < -0.4 is 20.9 Å². The number of benzene rings is 2. The number of hydrogen-bond donors (Lipinski definition) is 3. The van der Waals surface area contributed by atoms with E-state index in [0.29, 0.717) is 35.6 Å². The van der Waals surface area contributed by atoms with Gasteiger partial charge in [-0.25, -0.2) is 4.79 Å². The van der Waals surface area contributed by atoms with Crippen LogP contribution in [0.1, 0.15) is 26.3 Å². The third-order valence-electron chi connectivity index (χ3n) is 4.93. The van der Waals surface area contributed by atoms with Crippen molar-refractivity contribution in [2.24, 2.45) is 0 Å². The van der Waals surface area contributed by atoms with Gasteiger partial charge in [0.2, 0.25) is 0 Å². The summed E-state index contributed by atoms with van der Waals surface area (Å²) in [6.45, 7) is 3.07. The largest absolute Gasteiger partial charge is 0.336 e. The molecule has 0 bridgehead atoms. The topological polar surface area (TPSA) is 103 Å². The van der Waals surface area contributed by atoms with Gasteiger partial charge in [0, 0.05) is 53.7 Å². The van der Waals surface area contributed by atoms with Gasteiger partial charge in [0.25, 0.3) is 11.8 Å². The van der Waals surface area contributed by atoms with Gasteiger partial charge < -0.3 is 16.0 Å². The van der Waals surface area contributed by atoms with Crippen LogP contribution >= 0.6 is 0 Å². The van der Waals surface area contributed by atoms with Crippen LogP contribution in [0.3, 0.4) is 0 Å². The number of nitrogens with zero attached hydrogens (tertiary/aromatic N) is 2. The number of aryl methyl sites for hydroxylation is 1. The third kappa shape index (κ3) is 4.53. The molecule has 8 nitrogen and oxygen atoms in total. The Bertz CT molecular complexity index is 1150. The van der Waals surface area contributed by atoms with Crippen LogP contribution in [0.2, 0.25) is 0 Å². The Morgan fingerprint density at radius 2 is 1.61 bits per heavy atom. The summed E-state index contributed by atoms with van der Waals surface area (Å²) in [5.74, 6) is -0.541. The van der Waals surface area contributed by atoms with Crippen molar-refractivity contribution in [3.8, 4) is 0 Å². The normalized spacial score (nSPS) is 12.9. The van der Waals surface area contributed by atoms with E-state index in [9.17, 15) is 14.4 Å². The molecule has 1 fully saturated rings.